The Balaban J connectivity index is 1.75. The van der Waals surface area contributed by atoms with Crippen LogP contribution >= 0.6 is 0 Å². The molecule has 0 aliphatic heterocycles. The first kappa shape index (κ1) is 30.4. The molecule has 2 saturated carbocycles. The van der Waals surface area contributed by atoms with E-state index in [0.29, 0.717) is 30.4 Å². The normalized spacial score (nSPS) is 44.7. The number of ether oxygens (including phenoxy) is 1. The Bertz CT molecular complexity index is 1080. The summed E-state index contributed by atoms with van der Waals surface area (Å²) in [5, 5.41) is 46.0. The van der Waals surface area contributed by atoms with Gasteiger partial charge in [-0.3, -0.25) is 14.4 Å². The predicted octanol–water partition coefficient (Wildman–Crippen LogP) is 2.98. The van der Waals surface area contributed by atoms with Crippen LogP contribution in [0.5, 0.6) is 0 Å². The van der Waals surface area contributed by atoms with Crippen LogP contribution in [0.3, 0.4) is 0 Å². The van der Waals surface area contributed by atoms with Crippen molar-refractivity contribution in [1.29, 1.82) is 0 Å². The monoisotopic (exact) mass is 548 g/mol. The van der Waals surface area contributed by atoms with Crippen LogP contribution in [0.2, 0.25) is 0 Å². The number of hydrogen-bond donors (Lipinski definition) is 4. The van der Waals surface area contributed by atoms with E-state index in [0.717, 1.165) is 0 Å². The minimum absolute atomic E-state index is 0.0388. The van der Waals surface area contributed by atoms with Crippen LogP contribution in [0, 0.1) is 45.3 Å². The van der Waals surface area contributed by atoms with Gasteiger partial charge in [0.25, 0.3) is 0 Å². The summed E-state index contributed by atoms with van der Waals surface area (Å²) >= 11 is 0. The van der Waals surface area contributed by atoms with Gasteiger partial charge in [-0.2, -0.15) is 0 Å². The van der Waals surface area contributed by atoms with E-state index in [4.69, 9.17) is 4.74 Å². The van der Waals surface area contributed by atoms with Gasteiger partial charge in [-0.25, -0.2) is 0 Å². The standard InChI is InChI=1S/C31H48O8/c1-15(11-17(32)12-16(2)27(38)39-8)18-13-22(35)31(7)23-19(33)14-20-28(3,4)21(34)9-10-29(20,5)24(23)25(36)26(37)30(18,31)6/h15-16,18-22,26,33-35,37H,9-14H2,1-8H3/t15-,16-,18-,19+,20+,21+,22+,26-,29+,30+,31+/m1/s1. The van der Waals surface area contributed by atoms with Gasteiger partial charge in [0.15, 0.2) is 5.78 Å². The molecule has 8 heteroatoms. The molecule has 0 saturated heterocycles. The summed E-state index contributed by atoms with van der Waals surface area (Å²) in [5.41, 5.74) is -2.39. The number of esters is 1. The van der Waals surface area contributed by atoms with E-state index in [1.807, 2.05) is 41.5 Å². The number of rotatable bonds is 6. The van der Waals surface area contributed by atoms with Crippen LogP contribution in [0.25, 0.3) is 0 Å². The van der Waals surface area contributed by atoms with Crippen molar-refractivity contribution in [2.45, 2.75) is 111 Å². The van der Waals surface area contributed by atoms with Crippen molar-refractivity contribution >= 4 is 17.5 Å². The molecule has 11 atom stereocenters. The third-order valence-electron chi connectivity index (χ3n) is 12.1. The van der Waals surface area contributed by atoms with Crippen molar-refractivity contribution in [1.82, 2.24) is 0 Å². The highest BCUT2D eigenvalue weighted by atomic mass is 16.5. The zero-order valence-electron chi connectivity index (χ0n) is 24.8. The lowest BCUT2D eigenvalue weighted by Crippen LogP contribution is -2.65. The molecule has 4 aliphatic rings. The molecule has 4 aliphatic carbocycles. The van der Waals surface area contributed by atoms with Crippen LogP contribution in [0.1, 0.15) is 87.0 Å². The third kappa shape index (κ3) is 4.03. The van der Waals surface area contributed by atoms with Gasteiger partial charge in [-0.05, 0) is 59.8 Å². The molecular formula is C31H48O8. The summed E-state index contributed by atoms with van der Waals surface area (Å²) < 4.78 is 4.74. The third-order valence-corrected chi connectivity index (χ3v) is 12.1. The number of aliphatic hydroxyl groups is 4. The average molecular weight is 549 g/mol. The lowest BCUT2D eigenvalue weighted by molar-refractivity contribution is -0.161. The van der Waals surface area contributed by atoms with Gasteiger partial charge >= 0.3 is 5.97 Å². The molecule has 4 rings (SSSR count). The zero-order chi connectivity index (χ0) is 29.5. The number of fused-ring (bicyclic) bond motifs is 4. The van der Waals surface area contributed by atoms with E-state index in [9.17, 15) is 34.8 Å². The number of carbonyl (C=O) groups is 3. The molecule has 4 N–H and O–H groups in total. The number of Topliss-reactive ketones (excluding diaryl/α,β-unsaturated/α-hetero) is 2. The van der Waals surface area contributed by atoms with Gasteiger partial charge in [0.05, 0.1) is 31.3 Å². The van der Waals surface area contributed by atoms with E-state index < -0.39 is 63.7 Å². The van der Waals surface area contributed by atoms with E-state index in [1.54, 1.807) is 6.92 Å². The van der Waals surface area contributed by atoms with Gasteiger partial charge in [-0.15, -0.1) is 0 Å². The smallest absolute Gasteiger partial charge is 0.308 e. The highest BCUT2D eigenvalue weighted by Gasteiger charge is 2.73. The van der Waals surface area contributed by atoms with Crippen molar-refractivity contribution < 1.29 is 39.5 Å². The number of carbonyl (C=O) groups excluding carboxylic acids is 3. The first-order chi connectivity index (χ1) is 17.9. The molecule has 0 unspecified atom stereocenters. The molecule has 8 nitrogen and oxygen atoms in total. The summed E-state index contributed by atoms with van der Waals surface area (Å²) in [4.78, 5) is 38.9. The zero-order valence-corrected chi connectivity index (χ0v) is 24.8. The van der Waals surface area contributed by atoms with Gasteiger partial charge < -0.3 is 25.2 Å². The molecule has 0 bridgehead atoms. The second kappa shape index (κ2) is 9.74. The quantitative estimate of drug-likeness (QED) is 0.371. The van der Waals surface area contributed by atoms with Crippen molar-refractivity contribution in [2.75, 3.05) is 7.11 Å². The fourth-order valence-electron chi connectivity index (χ4n) is 9.60. The fourth-order valence-corrected chi connectivity index (χ4v) is 9.60. The van der Waals surface area contributed by atoms with Crippen molar-refractivity contribution in [2.24, 2.45) is 45.3 Å². The molecule has 0 spiro atoms. The van der Waals surface area contributed by atoms with E-state index >= 15 is 0 Å². The van der Waals surface area contributed by atoms with Crippen molar-refractivity contribution in [3.05, 3.63) is 11.1 Å². The van der Waals surface area contributed by atoms with Crippen LogP contribution in [0.4, 0.5) is 0 Å². The fraction of sp³-hybridized carbons (Fsp3) is 0.839. The van der Waals surface area contributed by atoms with Gasteiger partial charge in [0.2, 0.25) is 0 Å². The Kier molecular flexibility index (Phi) is 7.58. The topological polar surface area (TPSA) is 141 Å². The number of methoxy groups -OCH3 is 1. The largest absolute Gasteiger partial charge is 0.469 e. The molecule has 220 valence electrons. The predicted molar refractivity (Wildman–Crippen MR) is 144 cm³/mol. The highest BCUT2D eigenvalue weighted by Crippen LogP contribution is 2.71. The van der Waals surface area contributed by atoms with Crippen LogP contribution in [-0.2, 0) is 19.1 Å². The van der Waals surface area contributed by atoms with Crippen LogP contribution in [0.15, 0.2) is 11.1 Å². The van der Waals surface area contributed by atoms with Crippen molar-refractivity contribution in [3.63, 3.8) is 0 Å². The molecule has 0 radical (unpaired) electrons. The lowest BCUT2D eigenvalue weighted by Gasteiger charge is -2.63. The summed E-state index contributed by atoms with van der Waals surface area (Å²) in [6.07, 6.45) is -1.98. The Labute approximate surface area is 232 Å². The average Bonchev–Trinajstić information content (AvgIpc) is 3.07. The van der Waals surface area contributed by atoms with E-state index in [-0.39, 0.29) is 42.8 Å². The molecule has 0 heterocycles. The minimum Gasteiger partial charge on any atom is -0.469 e. The van der Waals surface area contributed by atoms with Crippen LogP contribution in [-0.4, -0.2) is 69.5 Å². The summed E-state index contributed by atoms with van der Waals surface area (Å²) in [7, 11) is 1.29. The second-order valence-electron chi connectivity index (χ2n) is 14.3. The number of ketones is 2. The molecule has 0 aromatic carbocycles. The van der Waals surface area contributed by atoms with Gasteiger partial charge in [-0.1, -0.05) is 48.5 Å². The minimum atomic E-state index is -1.41. The summed E-state index contributed by atoms with van der Waals surface area (Å²) in [6, 6.07) is 0. The highest BCUT2D eigenvalue weighted by molar-refractivity contribution is 6.03. The molecule has 39 heavy (non-hydrogen) atoms. The molecule has 0 aromatic heterocycles. The maximum absolute atomic E-state index is 14.2. The van der Waals surface area contributed by atoms with Crippen molar-refractivity contribution in [3.8, 4) is 0 Å². The summed E-state index contributed by atoms with van der Waals surface area (Å²) in [6.45, 7) is 13.2. The maximum atomic E-state index is 14.2. The molecule has 0 amide bonds. The Morgan fingerprint density at radius 1 is 0.974 bits per heavy atom. The van der Waals surface area contributed by atoms with Gasteiger partial charge in [0, 0.05) is 29.2 Å². The van der Waals surface area contributed by atoms with Crippen LogP contribution < -0.4 is 0 Å². The first-order valence-corrected chi connectivity index (χ1v) is 14.5. The number of hydrogen-bond acceptors (Lipinski definition) is 8. The first-order valence-electron chi connectivity index (χ1n) is 14.5. The number of aliphatic hydroxyl groups excluding tert-OH is 4. The van der Waals surface area contributed by atoms with E-state index in [1.165, 1.54) is 7.11 Å². The molecule has 0 aromatic rings. The Morgan fingerprint density at radius 2 is 1.59 bits per heavy atom. The van der Waals surface area contributed by atoms with E-state index in [2.05, 4.69) is 0 Å². The SMILES string of the molecule is COC(=O)[C@H](C)CC(=O)C[C@@H](C)[C@H]1C[C@H](O)[C@@]2(C)C3=C(C(=O)[C@@H](O)[C@]12C)[C@@]1(C)CC[C@H](O)C(C)(C)[C@@H]1C[C@@H]3O. The Morgan fingerprint density at radius 3 is 2.18 bits per heavy atom. The Hall–Kier alpha value is -1.61. The lowest BCUT2D eigenvalue weighted by atomic mass is 9.41. The van der Waals surface area contributed by atoms with Gasteiger partial charge in [0.1, 0.15) is 11.9 Å². The maximum Gasteiger partial charge on any atom is 0.308 e. The molecule has 2 fully saturated rings. The second-order valence-corrected chi connectivity index (χ2v) is 14.3. The summed E-state index contributed by atoms with van der Waals surface area (Å²) in [5.74, 6) is -2.35. The molecular weight excluding hydrogens is 500 g/mol.